The van der Waals surface area contributed by atoms with Gasteiger partial charge in [-0.3, -0.25) is 14.9 Å². The molecule has 0 fully saturated rings. The van der Waals surface area contributed by atoms with Gasteiger partial charge in [0.1, 0.15) is 5.75 Å². The number of nitro groups is 1. The van der Waals surface area contributed by atoms with Crippen molar-refractivity contribution >= 4 is 23.2 Å². The molecule has 0 unspecified atom stereocenters. The van der Waals surface area contributed by atoms with Crippen LogP contribution in [0.5, 0.6) is 5.75 Å². The van der Waals surface area contributed by atoms with Gasteiger partial charge < -0.3 is 10.1 Å². The van der Waals surface area contributed by atoms with Crippen molar-refractivity contribution < 1.29 is 14.5 Å². The molecular formula is C12H15ClN2O4. The summed E-state index contributed by atoms with van der Waals surface area (Å²) in [6.07, 6.45) is 0.113. The van der Waals surface area contributed by atoms with Crippen LogP contribution in [0.15, 0.2) is 18.2 Å². The van der Waals surface area contributed by atoms with Gasteiger partial charge in [0.25, 0.3) is 11.6 Å². The van der Waals surface area contributed by atoms with Crippen LogP contribution in [0.4, 0.5) is 5.69 Å². The standard InChI is InChI=1S/C12H15ClN2O4/c1-3-6-14-12(16)8(2)19-11-5-4-9(15(17)18)7-10(11)13/h4-5,7-8H,3,6H2,1-2H3,(H,14,16)/t8-/m1/s1. The van der Waals surface area contributed by atoms with Crippen LogP contribution in [-0.2, 0) is 4.79 Å². The van der Waals surface area contributed by atoms with E-state index >= 15 is 0 Å². The number of carbonyl (C=O) groups is 1. The summed E-state index contributed by atoms with van der Waals surface area (Å²) >= 11 is 5.87. The monoisotopic (exact) mass is 286 g/mol. The maximum Gasteiger partial charge on any atom is 0.271 e. The van der Waals surface area contributed by atoms with Crippen LogP contribution in [0.25, 0.3) is 0 Å². The topological polar surface area (TPSA) is 81.5 Å². The van der Waals surface area contributed by atoms with Crippen molar-refractivity contribution in [1.82, 2.24) is 5.32 Å². The SMILES string of the molecule is CCCNC(=O)[C@@H](C)Oc1ccc([N+](=O)[O-])cc1Cl. The fourth-order valence-electron chi connectivity index (χ4n) is 1.33. The molecule has 7 heteroatoms. The van der Waals surface area contributed by atoms with Crippen molar-refractivity contribution in [2.45, 2.75) is 26.4 Å². The summed E-state index contributed by atoms with van der Waals surface area (Å²) in [5, 5.41) is 13.3. The van der Waals surface area contributed by atoms with Crippen molar-refractivity contribution in [3.8, 4) is 5.75 Å². The van der Waals surface area contributed by atoms with Gasteiger partial charge >= 0.3 is 0 Å². The first-order valence-corrected chi connectivity index (χ1v) is 6.21. The van der Waals surface area contributed by atoms with Crippen molar-refractivity contribution in [3.63, 3.8) is 0 Å². The number of non-ortho nitro benzene ring substituents is 1. The van der Waals surface area contributed by atoms with Gasteiger partial charge in [0.05, 0.1) is 9.95 Å². The maximum atomic E-state index is 11.6. The second kappa shape index (κ2) is 6.94. The van der Waals surface area contributed by atoms with E-state index in [1.807, 2.05) is 6.92 Å². The minimum Gasteiger partial charge on any atom is -0.479 e. The Morgan fingerprint density at radius 1 is 1.58 bits per heavy atom. The lowest BCUT2D eigenvalue weighted by Crippen LogP contribution is -2.36. The summed E-state index contributed by atoms with van der Waals surface area (Å²) in [6.45, 7) is 4.10. The minimum atomic E-state index is -0.717. The van der Waals surface area contributed by atoms with Gasteiger partial charge in [-0.2, -0.15) is 0 Å². The van der Waals surface area contributed by atoms with Crippen LogP contribution in [-0.4, -0.2) is 23.5 Å². The van der Waals surface area contributed by atoms with Crippen molar-refractivity contribution in [1.29, 1.82) is 0 Å². The van der Waals surface area contributed by atoms with Gasteiger partial charge in [-0.15, -0.1) is 0 Å². The van der Waals surface area contributed by atoms with E-state index in [2.05, 4.69) is 5.32 Å². The highest BCUT2D eigenvalue weighted by molar-refractivity contribution is 6.32. The lowest BCUT2D eigenvalue weighted by atomic mass is 10.3. The van der Waals surface area contributed by atoms with E-state index in [0.29, 0.717) is 6.54 Å². The first-order valence-electron chi connectivity index (χ1n) is 5.84. The molecule has 1 atom stereocenters. The quantitative estimate of drug-likeness (QED) is 0.643. The molecule has 1 amide bonds. The zero-order valence-corrected chi connectivity index (χ0v) is 11.4. The molecule has 1 N–H and O–H groups in total. The summed E-state index contributed by atoms with van der Waals surface area (Å²) in [7, 11) is 0. The highest BCUT2D eigenvalue weighted by Gasteiger charge is 2.17. The number of rotatable bonds is 6. The first-order chi connectivity index (χ1) is 8.95. The molecule has 0 heterocycles. The van der Waals surface area contributed by atoms with E-state index < -0.39 is 11.0 Å². The molecule has 19 heavy (non-hydrogen) atoms. The molecule has 0 aliphatic carbocycles. The molecule has 0 aromatic heterocycles. The van der Waals surface area contributed by atoms with Crippen LogP contribution in [0.3, 0.4) is 0 Å². The Hall–Kier alpha value is -1.82. The predicted octanol–water partition coefficient (Wildman–Crippen LogP) is 2.54. The highest BCUT2D eigenvalue weighted by Crippen LogP contribution is 2.29. The fourth-order valence-corrected chi connectivity index (χ4v) is 1.55. The average Bonchev–Trinajstić information content (AvgIpc) is 2.37. The number of nitro benzene ring substituents is 1. The molecule has 0 spiro atoms. The number of carbonyl (C=O) groups excluding carboxylic acids is 1. The van der Waals surface area contributed by atoms with E-state index in [9.17, 15) is 14.9 Å². The second-order valence-corrected chi connectivity index (χ2v) is 4.33. The zero-order valence-electron chi connectivity index (χ0n) is 10.7. The lowest BCUT2D eigenvalue weighted by Gasteiger charge is -2.15. The third kappa shape index (κ3) is 4.40. The van der Waals surface area contributed by atoms with Crippen LogP contribution in [0.1, 0.15) is 20.3 Å². The van der Waals surface area contributed by atoms with Crippen LogP contribution in [0.2, 0.25) is 5.02 Å². The van der Waals surface area contributed by atoms with E-state index in [4.69, 9.17) is 16.3 Å². The molecule has 1 aromatic rings. The Morgan fingerprint density at radius 2 is 2.26 bits per heavy atom. The molecule has 1 aromatic carbocycles. The summed E-state index contributed by atoms with van der Waals surface area (Å²) in [5.41, 5.74) is -0.125. The summed E-state index contributed by atoms with van der Waals surface area (Å²) in [5.74, 6) is -0.0114. The van der Waals surface area contributed by atoms with E-state index in [-0.39, 0.29) is 22.4 Å². The molecule has 1 rings (SSSR count). The number of ether oxygens (including phenoxy) is 1. The molecular weight excluding hydrogens is 272 g/mol. The smallest absolute Gasteiger partial charge is 0.271 e. The maximum absolute atomic E-state index is 11.6. The van der Waals surface area contributed by atoms with E-state index in [1.165, 1.54) is 18.2 Å². The summed E-state index contributed by atoms with van der Waals surface area (Å²) in [4.78, 5) is 21.6. The number of amides is 1. The Morgan fingerprint density at radius 3 is 2.79 bits per heavy atom. The van der Waals surface area contributed by atoms with Gasteiger partial charge in [0.2, 0.25) is 0 Å². The molecule has 0 aliphatic heterocycles. The van der Waals surface area contributed by atoms with Crippen LogP contribution < -0.4 is 10.1 Å². The highest BCUT2D eigenvalue weighted by atomic mass is 35.5. The zero-order chi connectivity index (χ0) is 14.4. The largest absolute Gasteiger partial charge is 0.479 e. The molecule has 0 aliphatic rings. The number of nitrogens with zero attached hydrogens (tertiary/aromatic N) is 1. The van der Waals surface area contributed by atoms with E-state index in [0.717, 1.165) is 6.42 Å². The molecule has 0 saturated heterocycles. The summed E-state index contributed by atoms with van der Waals surface area (Å²) < 4.78 is 5.37. The van der Waals surface area contributed by atoms with Crippen molar-refractivity contribution in [3.05, 3.63) is 33.3 Å². The van der Waals surface area contributed by atoms with Gasteiger partial charge in [-0.05, 0) is 19.4 Å². The summed E-state index contributed by atoms with van der Waals surface area (Å²) in [6, 6.07) is 3.84. The Labute approximate surface area is 115 Å². The molecule has 104 valence electrons. The van der Waals surface area contributed by atoms with Gasteiger partial charge in [0, 0.05) is 18.7 Å². The Balaban J connectivity index is 2.71. The second-order valence-electron chi connectivity index (χ2n) is 3.92. The number of halogens is 1. The number of hydrogen-bond acceptors (Lipinski definition) is 4. The van der Waals surface area contributed by atoms with Gasteiger partial charge in [0.15, 0.2) is 6.10 Å². The molecule has 6 nitrogen and oxygen atoms in total. The molecule has 0 saturated carbocycles. The number of hydrogen-bond donors (Lipinski definition) is 1. The first kappa shape index (κ1) is 15.2. The number of benzene rings is 1. The van der Waals surface area contributed by atoms with E-state index in [1.54, 1.807) is 6.92 Å². The Bertz CT molecular complexity index is 479. The normalized spacial score (nSPS) is 11.7. The van der Waals surface area contributed by atoms with Crippen molar-refractivity contribution in [2.75, 3.05) is 6.54 Å². The molecule has 0 radical (unpaired) electrons. The van der Waals surface area contributed by atoms with Gasteiger partial charge in [-0.25, -0.2) is 0 Å². The number of nitrogens with one attached hydrogen (secondary N) is 1. The lowest BCUT2D eigenvalue weighted by molar-refractivity contribution is -0.384. The van der Waals surface area contributed by atoms with Crippen molar-refractivity contribution in [2.24, 2.45) is 0 Å². The average molecular weight is 287 g/mol. The van der Waals surface area contributed by atoms with Gasteiger partial charge in [-0.1, -0.05) is 18.5 Å². The van der Waals surface area contributed by atoms with Crippen LogP contribution >= 0.6 is 11.6 Å². The van der Waals surface area contributed by atoms with Crippen LogP contribution in [0, 0.1) is 10.1 Å². The third-order valence-corrected chi connectivity index (χ3v) is 2.64. The predicted molar refractivity (Wildman–Crippen MR) is 71.5 cm³/mol. The fraction of sp³-hybridized carbons (Fsp3) is 0.417. The molecule has 0 bridgehead atoms. The Kier molecular flexibility index (Phi) is 5.57. The third-order valence-electron chi connectivity index (χ3n) is 2.35. The minimum absolute atomic E-state index is 0.101.